The van der Waals surface area contributed by atoms with Crippen molar-refractivity contribution in [3.05, 3.63) is 35.4 Å². The third-order valence-corrected chi connectivity index (χ3v) is 3.56. The first kappa shape index (κ1) is 12.7. The van der Waals surface area contributed by atoms with Gasteiger partial charge in [0.25, 0.3) is 0 Å². The predicted octanol–water partition coefficient (Wildman–Crippen LogP) is 3.29. The van der Waals surface area contributed by atoms with Crippen molar-refractivity contribution in [3.8, 4) is 0 Å². The van der Waals surface area contributed by atoms with Crippen LogP contribution in [0.2, 0.25) is 0 Å². The van der Waals surface area contributed by atoms with Gasteiger partial charge < -0.3 is 0 Å². The number of hydrogen-bond donors (Lipinski definition) is 2. The molecule has 0 amide bonds. The summed E-state index contributed by atoms with van der Waals surface area (Å²) in [5.41, 5.74) is 3.65. The Morgan fingerprint density at radius 1 is 1.29 bits per heavy atom. The molecule has 17 heavy (non-hydrogen) atoms. The van der Waals surface area contributed by atoms with E-state index in [1.807, 2.05) is 12.1 Å². The largest absolute Gasteiger partial charge is 0.342 e. The van der Waals surface area contributed by atoms with Crippen molar-refractivity contribution in [2.24, 2.45) is 5.84 Å². The fourth-order valence-corrected chi connectivity index (χ4v) is 2.27. The second-order valence-electron chi connectivity index (χ2n) is 4.44. The highest BCUT2D eigenvalue weighted by molar-refractivity contribution is 6.22. The quantitative estimate of drug-likeness (QED) is 0.495. The Morgan fingerprint density at radius 2 is 1.88 bits per heavy atom. The van der Waals surface area contributed by atoms with E-state index < -0.39 is 11.4 Å². The van der Waals surface area contributed by atoms with Gasteiger partial charge in [-0.2, -0.15) is 8.78 Å². The summed E-state index contributed by atoms with van der Waals surface area (Å²) < 4.78 is 26.1. The number of hydrazine groups is 1. The summed E-state index contributed by atoms with van der Waals surface area (Å²) in [5, 5.41) is -3.40. The van der Waals surface area contributed by atoms with Crippen molar-refractivity contribution in [3.63, 3.8) is 0 Å². The molecule has 0 radical (unpaired) electrons. The molecule has 5 heteroatoms. The number of nitrogens with one attached hydrogen (secondary N) is 1. The fraction of sp³-hybridized carbons (Fsp3) is 0.500. The van der Waals surface area contributed by atoms with Crippen LogP contribution in [0, 0.1) is 0 Å². The summed E-state index contributed by atoms with van der Waals surface area (Å²) in [4.78, 5) is 0. The average molecular weight is 261 g/mol. The van der Waals surface area contributed by atoms with Crippen molar-refractivity contribution in [1.29, 1.82) is 0 Å². The SMILES string of the molecule is NNC(c1ccc(C2CCC2)cc1)C(F)(F)Cl. The topological polar surface area (TPSA) is 38.0 Å². The first-order valence-corrected chi connectivity index (χ1v) is 6.03. The minimum absolute atomic E-state index is 0.399. The maximum atomic E-state index is 13.0. The lowest BCUT2D eigenvalue weighted by atomic mass is 9.80. The molecule has 1 aliphatic carbocycles. The van der Waals surface area contributed by atoms with E-state index in [4.69, 9.17) is 17.4 Å². The van der Waals surface area contributed by atoms with Crippen molar-refractivity contribution < 1.29 is 8.78 Å². The van der Waals surface area contributed by atoms with Crippen LogP contribution in [0.5, 0.6) is 0 Å². The van der Waals surface area contributed by atoms with Gasteiger partial charge in [0.05, 0.1) is 0 Å². The van der Waals surface area contributed by atoms with E-state index in [2.05, 4.69) is 5.43 Å². The zero-order valence-corrected chi connectivity index (χ0v) is 10.1. The maximum absolute atomic E-state index is 13.0. The average Bonchev–Trinajstić information content (AvgIpc) is 2.16. The first-order chi connectivity index (χ1) is 8.02. The van der Waals surface area contributed by atoms with Crippen molar-refractivity contribution in [2.75, 3.05) is 0 Å². The Hall–Kier alpha value is -0.710. The molecule has 1 aromatic carbocycles. The normalized spacial score (nSPS) is 18.8. The van der Waals surface area contributed by atoms with E-state index in [1.165, 1.54) is 24.8 Å². The number of benzene rings is 1. The molecule has 2 rings (SSSR count). The van der Waals surface area contributed by atoms with Crippen LogP contribution in [0.4, 0.5) is 8.78 Å². The smallest absolute Gasteiger partial charge is 0.271 e. The number of rotatable bonds is 4. The second-order valence-corrected chi connectivity index (χ2v) is 4.94. The molecule has 1 aliphatic rings. The van der Waals surface area contributed by atoms with Crippen LogP contribution in [-0.2, 0) is 0 Å². The molecule has 0 aromatic heterocycles. The minimum Gasteiger partial charge on any atom is -0.271 e. The van der Waals surface area contributed by atoms with Gasteiger partial charge >= 0.3 is 5.38 Å². The molecule has 94 valence electrons. The lowest BCUT2D eigenvalue weighted by molar-refractivity contribution is 0.0497. The van der Waals surface area contributed by atoms with Crippen LogP contribution in [-0.4, -0.2) is 5.38 Å². The third kappa shape index (κ3) is 2.76. The van der Waals surface area contributed by atoms with E-state index in [1.54, 1.807) is 12.1 Å². The van der Waals surface area contributed by atoms with Crippen LogP contribution in [0.25, 0.3) is 0 Å². The van der Waals surface area contributed by atoms with Crippen LogP contribution < -0.4 is 11.3 Å². The molecule has 1 fully saturated rings. The van der Waals surface area contributed by atoms with Crippen LogP contribution in [0.3, 0.4) is 0 Å². The molecule has 0 heterocycles. The molecule has 1 unspecified atom stereocenters. The third-order valence-electron chi connectivity index (χ3n) is 3.34. The molecule has 0 aliphatic heterocycles. The number of alkyl halides is 3. The molecule has 1 atom stereocenters. The Morgan fingerprint density at radius 3 is 2.24 bits per heavy atom. The van der Waals surface area contributed by atoms with Crippen LogP contribution >= 0.6 is 11.6 Å². The van der Waals surface area contributed by atoms with Crippen molar-refractivity contribution in [1.82, 2.24) is 5.43 Å². The Balaban J connectivity index is 2.15. The fourth-order valence-electron chi connectivity index (χ4n) is 2.08. The summed E-state index contributed by atoms with van der Waals surface area (Å²) in [7, 11) is 0. The monoisotopic (exact) mass is 260 g/mol. The van der Waals surface area contributed by atoms with Crippen molar-refractivity contribution in [2.45, 2.75) is 36.6 Å². The summed E-state index contributed by atoms with van der Waals surface area (Å²) >= 11 is 5.00. The standard InChI is InChI=1S/C12H15ClF2N2/c13-12(14,15)11(17-16)10-6-4-9(5-7-10)8-2-1-3-8/h4-8,11,17H,1-3,16H2. The van der Waals surface area contributed by atoms with E-state index in [0.717, 1.165) is 0 Å². The predicted molar refractivity (Wildman–Crippen MR) is 63.9 cm³/mol. The molecular formula is C12H15ClF2N2. The minimum atomic E-state index is -3.40. The molecule has 1 saturated carbocycles. The Kier molecular flexibility index (Phi) is 3.66. The lowest BCUT2D eigenvalue weighted by Gasteiger charge is -2.27. The van der Waals surface area contributed by atoms with Gasteiger partial charge in [-0.15, -0.1) is 0 Å². The lowest BCUT2D eigenvalue weighted by Crippen LogP contribution is -2.37. The van der Waals surface area contributed by atoms with E-state index >= 15 is 0 Å². The first-order valence-electron chi connectivity index (χ1n) is 5.65. The zero-order valence-electron chi connectivity index (χ0n) is 9.30. The van der Waals surface area contributed by atoms with Gasteiger partial charge in [-0.05, 0) is 41.5 Å². The highest BCUT2D eigenvalue weighted by atomic mass is 35.5. The highest BCUT2D eigenvalue weighted by Gasteiger charge is 2.37. The highest BCUT2D eigenvalue weighted by Crippen LogP contribution is 2.38. The van der Waals surface area contributed by atoms with Gasteiger partial charge in [0.1, 0.15) is 6.04 Å². The Bertz CT molecular complexity index is 371. The molecule has 2 nitrogen and oxygen atoms in total. The summed E-state index contributed by atoms with van der Waals surface area (Å²) in [6.07, 6.45) is 3.62. The molecule has 0 saturated heterocycles. The van der Waals surface area contributed by atoms with Gasteiger partial charge in [0, 0.05) is 0 Å². The van der Waals surface area contributed by atoms with Gasteiger partial charge in [0.2, 0.25) is 0 Å². The Labute approximate surface area is 104 Å². The van der Waals surface area contributed by atoms with E-state index in [-0.39, 0.29) is 0 Å². The number of halogens is 3. The summed E-state index contributed by atoms with van der Waals surface area (Å²) in [5.74, 6) is 5.70. The summed E-state index contributed by atoms with van der Waals surface area (Å²) in [6, 6.07) is 5.72. The maximum Gasteiger partial charge on any atom is 0.342 e. The van der Waals surface area contributed by atoms with E-state index in [9.17, 15) is 8.78 Å². The molecular weight excluding hydrogens is 246 g/mol. The molecule has 0 spiro atoms. The zero-order chi connectivity index (χ0) is 12.5. The second kappa shape index (κ2) is 4.88. The van der Waals surface area contributed by atoms with Gasteiger partial charge in [-0.1, -0.05) is 30.7 Å². The molecule has 0 bridgehead atoms. The van der Waals surface area contributed by atoms with Gasteiger partial charge in [-0.3, -0.25) is 5.84 Å². The van der Waals surface area contributed by atoms with E-state index in [0.29, 0.717) is 11.5 Å². The van der Waals surface area contributed by atoms with Crippen LogP contribution in [0.1, 0.15) is 42.3 Å². The molecule has 1 aromatic rings. The van der Waals surface area contributed by atoms with Gasteiger partial charge in [0.15, 0.2) is 0 Å². The van der Waals surface area contributed by atoms with Crippen molar-refractivity contribution >= 4 is 11.6 Å². The number of nitrogens with two attached hydrogens (primary N) is 1. The molecule has 3 N–H and O–H groups in total. The van der Waals surface area contributed by atoms with Crippen LogP contribution in [0.15, 0.2) is 24.3 Å². The summed E-state index contributed by atoms with van der Waals surface area (Å²) in [6.45, 7) is 0. The van der Waals surface area contributed by atoms with Gasteiger partial charge in [-0.25, -0.2) is 5.43 Å². The number of hydrogen-bond acceptors (Lipinski definition) is 2.